The van der Waals surface area contributed by atoms with Gasteiger partial charge in [-0.1, -0.05) is 11.6 Å². The number of amides is 1. The summed E-state index contributed by atoms with van der Waals surface area (Å²) in [4.78, 5) is 15.7. The summed E-state index contributed by atoms with van der Waals surface area (Å²) in [6.45, 7) is 2.28. The molecule has 0 aliphatic heterocycles. The van der Waals surface area contributed by atoms with Crippen LogP contribution in [0.2, 0.25) is 0 Å². The number of aliphatic imine (C=N–C) groups is 1. The van der Waals surface area contributed by atoms with Crippen molar-refractivity contribution < 1.29 is 4.79 Å². The summed E-state index contributed by atoms with van der Waals surface area (Å²) in [6.07, 6.45) is 10.8. The van der Waals surface area contributed by atoms with Crippen LogP contribution >= 0.6 is 24.0 Å². The Labute approximate surface area is 150 Å². The average Bonchev–Trinajstić information content (AvgIpc) is 3.35. The minimum atomic E-state index is 0. The largest absolute Gasteiger partial charge is 0.356 e. The van der Waals surface area contributed by atoms with E-state index >= 15 is 0 Å². The zero-order chi connectivity index (χ0) is 14.9. The number of carbonyl (C=O) groups is 1. The van der Waals surface area contributed by atoms with Crippen LogP contribution in [0.25, 0.3) is 0 Å². The highest BCUT2D eigenvalue weighted by Gasteiger charge is 2.28. The molecule has 5 nitrogen and oxygen atoms in total. The van der Waals surface area contributed by atoms with Gasteiger partial charge in [0.1, 0.15) is 0 Å². The second-order valence-electron chi connectivity index (χ2n) is 5.85. The van der Waals surface area contributed by atoms with E-state index in [0.29, 0.717) is 13.1 Å². The number of carbonyl (C=O) groups excluding carboxylic acids is 1. The predicted octanol–water partition coefficient (Wildman–Crippen LogP) is 2.19. The highest BCUT2D eigenvalue weighted by Crippen LogP contribution is 2.28. The first-order valence-electron chi connectivity index (χ1n) is 8.19. The van der Waals surface area contributed by atoms with Crippen LogP contribution in [0.5, 0.6) is 0 Å². The van der Waals surface area contributed by atoms with Crippen LogP contribution in [-0.4, -0.2) is 38.5 Å². The van der Waals surface area contributed by atoms with Crippen molar-refractivity contribution >= 4 is 35.8 Å². The van der Waals surface area contributed by atoms with Gasteiger partial charge in [0.15, 0.2) is 5.96 Å². The Balaban J connectivity index is 0.00000242. The number of halogens is 1. The molecule has 0 aromatic carbocycles. The van der Waals surface area contributed by atoms with Gasteiger partial charge in [-0.2, -0.15) is 0 Å². The minimum Gasteiger partial charge on any atom is -0.356 e. The topological polar surface area (TPSA) is 65.5 Å². The molecule has 0 aromatic rings. The fourth-order valence-electron chi connectivity index (χ4n) is 2.55. The van der Waals surface area contributed by atoms with Gasteiger partial charge in [-0.3, -0.25) is 9.79 Å². The van der Waals surface area contributed by atoms with Crippen LogP contribution in [-0.2, 0) is 4.79 Å². The molecule has 0 aromatic heterocycles. The van der Waals surface area contributed by atoms with Crippen molar-refractivity contribution in [2.75, 3.05) is 26.7 Å². The maximum absolute atomic E-state index is 11.5. The lowest BCUT2D eigenvalue weighted by molar-refractivity contribution is -0.122. The van der Waals surface area contributed by atoms with Gasteiger partial charge in [0.2, 0.25) is 5.91 Å². The SMILES string of the molecule is CN=C(NCCNC(=O)C1CC1)NCCC1=CCCCC1.I. The normalized spacial score (nSPS) is 18.0. The van der Waals surface area contributed by atoms with E-state index in [-0.39, 0.29) is 35.8 Å². The Bertz CT molecular complexity index is 405. The second-order valence-corrected chi connectivity index (χ2v) is 5.85. The Morgan fingerprint density at radius 3 is 2.55 bits per heavy atom. The van der Waals surface area contributed by atoms with Gasteiger partial charge in [0.05, 0.1) is 0 Å². The first-order chi connectivity index (χ1) is 10.3. The quantitative estimate of drug-likeness (QED) is 0.195. The predicted molar refractivity (Wildman–Crippen MR) is 102 cm³/mol. The third kappa shape index (κ3) is 7.47. The van der Waals surface area contributed by atoms with Crippen LogP contribution in [0.4, 0.5) is 0 Å². The molecule has 0 bridgehead atoms. The molecule has 2 aliphatic carbocycles. The van der Waals surface area contributed by atoms with E-state index in [1.54, 1.807) is 12.6 Å². The fraction of sp³-hybridized carbons (Fsp3) is 0.750. The van der Waals surface area contributed by atoms with Crippen molar-refractivity contribution in [1.82, 2.24) is 16.0 Å². The minimum absolute atomic E-state index is 0. The molecule has 6 heteroatoms. The number of guanidine groups is 1. The number of hydrogen-bond donors (Lipinski definition) is 3. The molecule has 2 rings (SSSR count). The van der Waals surface area contributed by atoms with Crippen molar-refractivity contribution in [2.45, 2.75) is 44.9 Å². The molecule has 1 saturated carbocycles. The molecule has 0 saturated heterocycles. The summed E-state index contributed by atoms with van der Waals surface area (Å²) in [5.41, 5.74) is 1.57. The van der Waals surface area contributed by atoms with Gasteiger partial charge < -0.3 is 16.0 Å². The molecule has 0 unspecified atom stereocenters. The van der Waals surface area contributed by atoms with Gasteiger partial charge in [-0.15, -0.1) is 24.0 Å². The van der Waals surface area contributed by atoms with Crippen LogP contribution in [0.1, 0.15) is 44.9 Å². The number of hydrogen-bond acceptors (Lipinski definition) is 2. The van der Waals surface area contributed by atoms with Gasteiger partial charge in [0, 0.05) is 32.6 Å². The summed E-state index contributed by atoms with van der Waals surface area (Å²) in [5.74, 6) is 1.29. The molecule has 0 atom stereocenters. The summed E-state index contributed by atoms with van der Waals surface area (Å²) in [6, 6.07) is 0. The third-order valence-electron chi connectivity index (χ3n) is 4.01. The van der Waals surface area contributed by atoms with E-state index in [1.165, 1.54) is 25.7 Å². The third-order valence-corrected chi connectivity index (χ3v) is 4.01. The molecular formula is C16H29IN4O. The lowest BCUT2D eigenvalue weighted by Gasteiger charge is -2.15. The number of nitrogens with one attached hydrogen (secondary N) is 3. The molecule has 3 N–H and O–H groups in total. The molecule has 1 fully saturated rings. The Morgan fingerprint density at radius 2 is 1.91 bits per heavy atom. The van der Waals surface area contributed by atoms with E-state index in [1.807, 2.05) is 0 Å². The lowest BCUT2D eigenvalue weighted by atomic mass is 9.97. The van der Waals surface area contributed by atoms with Gasteiger partial charge in [-0.05, 0) is 44.9 Å². The van der Waals surface area contributed by atoms with E-state index < -0.39 is 0 Å². The summed E-state index contributed by atoms with van der Waals surface area (Å²) in [5, 5.41) is 9.49. The first kappa shape index (κ1) is 19.3. The number of allylic oxidation sites excluding steroid dienone is 1. The summed E-state index contributed by atoms with van der Waals surface area (Å²) in [7, 11) is 1.78. The average molecular weight is 420 g/mol. The molecule has 22 heavy (non-hydrogen) atoms. The fourth-order valence-corrected chi connectivity index (χ4v) is 2.55. The zero-order valence-electron chi connectivity index (χ0n) is 13.5. The highest BCUT2D eigenvalue weighted by atomic mass is 127. The van der Waals surface area contributed by atoms with Crippen molar-refractivity contribution in [1.29, 1.82) is 0 Å². The van der Waals surface area contributed by atoms with E-state index in [4.69, 9.17) is 0 Å². The number of rotatable bonds is 7. The Hall–Kier alpha value is -0.790. The van der Waals surface area contributed by atoms with E-state index in [2.05, 4.69) is 27.0 Å². The van der Waals surface area contributed by atoms with Crippen LogP contribution < -0.4 is 16.0 Å². The summed E-state index contributed by atoms with van der Waals surface area (Å²) < 4.78 is 0. The molecule has 1 amide bonds. The molecular weight excluding hydrogens is 391 g/mol. The molecule has 0 heterocycles. The van der Waals surface area contributed by atoms with Crippen molar-refractivity contribution in [3.8, 4) is 0 Å². The molecule has 126 valence electrons. The van der Waals surface area contributed by atoms with Crippen LogP contribution in [0.15, 0.2) is 16.6 Å². The van der Waals surface area contributed by atoms with E-state index in [0.717, 1.165) is 31.8 Å². The monoisotopic (exact) mass is 420 g/mol. The first-order valence-corrected chi connectivity index (χ1v) is 8.19. The van der Waals surface area contributed by atoms with Crippen molar-refractivity contribution in [3.63, 3.8) is 0 Å². The van der Waals surface area contributed by atoms with Gasteiger partial charge in [-0.25, -0.2) is 0 Å². The second kappa shape index (κ2) is 10.9. The Kier molecular flexibility index (Phi) is 9.50. The number of nitrogens with zero attached hydrogens (tertiary/aromatic N) is 1. The smallest absolute Gasteiger partial charge is 0.223 e. The summed E-state index contributed by atoms with van der Waals surface area (Å²) >= 11 is 0. The zero-order valence-corrected chi connectivity index (χ0v) is 15.8. The van der Waals surface area contributed by atoms with Crippen LogP contribution in [0, 0.1) is 5.92 Å². The Morgan fingerprint density at radius 1 is 1.18 bits per heavy atom. The maximum atomic E-state index is 11.5. The highest BCUT2D eigenvalue weighted by molar-refractivity contribution is 14.0. The van der Waals surface area contributed by atoms with Gasteiger partial charge in [0.25, 0.3) is 0 Å². The lowest BCUT2D eigenvalue weighted by Crippen LogP contribution is -2.42. The molecule has 0 radical (unpaired) electrons. The maximum Gasteiger partial charge on any atom is 0.223 e. The van der Waals surface area contributed by atoms with Crippen LogP contribution in [0.3, 0.4) is 0 Å². The molecule has 2 aliphatic rings. The van der Waals surface area contributed by atoms with Gasteiger partial charge >= 0.3 is 0 Å². The van der Waals surface area contributed by atoms with Crippen molar-refractivity contribution in [3.05, 3.63) is 11.6 Å². The van der Waals surface area contributed by atoms with Crippen molar-refractivity contribution in [2.24, 2.45) is 10.9 Å². The molecule has 0 spiro atoms. The standard InChI is InChI=1S/C16H28N4O.HI/c1-17-16(19-10-9-13-5-3-2-4-6-13)20-12-11-18-15(21)14-7-8-14;/h5,14H,2-4,6-12H2,1H3,(H,18,21)(H2,17,19,20);1H. The van der Waals surface area contributed by atoms with E-state index in [9.17, 15) is 4.79 Å².